The zero-order chi connectivity index (χ0) is 23.0. The van der Waals surface area contributed by atoms with Gasteiger partial charge in [0.05, 0.1) is 25.8 Å². The van der Waals surface area contributed by atoms with Gasteiger partial charge >= 0.3 is 12.0 Å². The number of ether oxygens (including phenoxy) is 2. The molecule has 3 N–H and O–H groups in total. The number of methoxy groups -OCH3 is 1. The number of carbonyl (C=O) groups is 2. The minimum absolute atomic E-state index is 0.000225. The fraction of sp³-hybridized carbons (Fsp3) is 0.300. The van der Waals surface area contributed by atoms with Crippen molar-refractivity contribution in [3.63, 3.8) is 0 Å². The minimum atomic E-state index is -1.68. The minimum Gasteiger partial charge on any atom is -0.467 e. The number of hydrogen-bond acceptors (Lipinski definition) is 9. The van der Waals surface area contributed by atoms with Crippen LogP contribution in [0.25, 0.3) is 11.6 Å². The van der Waals surface area contributed by atoms with Gasteiger partial charge in [0.25, 0.3) is 0 Å². The first kappa shape index (κ1) is 21.2. The molecule has 0 aliphatic carbocycles. The van der Waals surface area contributed by atoms with Crippen LogP contribution in [0.3, 0.4) is 0 Å². The summed E-state index contributed by atoms with van der Waals surface area (Å²) < 4.78 is 25.7. The van der Waals surface area contributed by atoms with Crippen molar-refractivity contribution in [2.75, 3.05) is 24.8 Å². The van der Waals surface area contributed by atoms with Crippen LogP contribution in [-0.4, -0.2) is 50.3 Å². The van der Waals surface area contributed by atoms with E-state index in [-0.39, 0.29) is 48.0 Å². The fourth-order valence-electron chi connectivity index (χ4n) is 3.44. The average molecular weight is 441 g/mol. The van der Waals surface area contributed by atoms with E-state index in [1.807, 2.05) is 0 Å². The number of benzene rings is 1. The first-order valence-electron chi connectivity index (χ1n) is 9.68. The molecule has 12 heteroatoms. The van der Waals surface area contributed by atoms with E-state index < -0.39 is 23.1 Å². The van der Waals surface area contributed by atoms with Crippen molar-refractivity contribution in [3.05, 3.63) is 41.2 Å². The summed E-state index contributed by atoms with van der Waals surface area (Å²) in [5.74, 6) is -1.76. The van der Waals surface area contributed by atoms with E-state index in [0.29, 0.717) is 5.56 Å². The maximum atomic E-state index is 14.1. The second kappa shape index (κ2) is 7.87. The normalized spacial score (nSPS) is 17.1. The summed E-state index contributed by atoms with van der Waals surface area (Å²) in [6.07, 6.45) is 0. The number of hydrogen-bond donors (Lipinski definition) is 2. The number of nitrogen functional groups attached to an aromatic ring is 1. The van der Waals surface area contributed by atoms with Gasteiger partial charge in [-0.05, 0) is 19.9 Å². The molecule has 2 aromatic heterocycles. The lowest BCUT2D eigenvalue weighted by Gasteiger charge is -2.20. The Morgan fingerprint density at radius 1 is 1.25 bits per heavy atom. The van der Waals surface area contributed by atoms with E-state index in [0.717, 1.165) is 0 Å². The Morgan fingerprint density at radius 3 is 2.69 bits per heavy atom. The number of halogens is 1. The van der Waals surface area contributed by atoms with Crippen molar-refractivity contribution < 1.29 is 23.5 Å². The van der Waals surface area contributed by atoms with Gasteiger partial charge in [-0.25, -0.2) is 19.0 Å². The van der Waals surface area contributed by atoms with E-state index in [9.17, 15) is 14.0 Å². The summed E-state index contributed by atoms with van der Waals surface area (Å²) in [7, 11) is 1.40. The van der Waals surface area contributed by atoms with E-state index in [4.69, 9.17) is 15.2 Å². The third-order valence-electron chi connectivity index (χ3n) is 5.11. The van der Waals surface area contributed by atoms with Crippen LogP contribution in [0.4, 0.5) is 16.0 Å². The molecule has 0 bridgehead atoms. The monoisotopic (exact) mass is 441 g/mol. The van der Waals surface area contributed by atoms with Crippen LogP contribution in [-0.2, 0) is 26.3 Å². The molecule has 1 atom stereocenters. The molecular formula is C20H20FN7O4. The highest BCUT2D eigenvalue weighted by Gasteiger charge is 2.53. The number of esters is 1. The largest absolute Gasteiger partial charge is 0.467 e. The molecule has 0 fully saturated rings. The molecule has 0 saturated carbocycles. The molecule has 1 aliphatic rings. The van der Waals surface area contributed by atoms with E-state index in [1.165, 1.54) is 24.8 Å². The standard InChI is InChI=1S/C20H20FN7O4/c1-4-32-18(30)20(2)12-13(22)23-15(24-14(12)25-17(20)29)16-26-19(31-3)28(27-16)9-10-7-5-6-8-11(10)21/h5-8H,4,9H2,1-3H3,(H3,22,23,24,25,29). The predicted octanol–water partition coefficient (Wildman–Crippen LogP) is 1.29. The van der Waals surface area contributed by atoms with Gasteiger partial charge < -0.3 is 20.5 Å². The van der Waals surface area contributed by atoms with Crippen molar-refractivity contribution in [2.45, 2.75) is 25.8 Å². The molecule has 1 amide bonds. The van der Waals surface area contributed by atoms with Crippen LogP contribution in [0, 0.1) is 5.82 Å². The number of aromatic nitrogens is 5. The Labute approximate surface area is 181 Å². The molecule has 32 heavy (non-hydrogen) atoms. The molecule has 1 unspecified atom stereocenters. The number of anilines is 2. The maximum Gasteiger partial charge on any atom is 0.326 e. The number of nitrogens with two attached hydrogens (primary N) is 1. The van der Waals surface area contributed by atoms with Crippen LogP contribution < -0.4 is 15.8 Å². The van der Waals surface area contributed by atoms with Crippen molar-refractivity contribution in [1.29, 1.82) is 0 Å². The summed E-state index contributed by atoms with van der Waals surface area (Å²) in [6.45, 7) is 3.19. The SMILES string of the molecule is CCOC(=O)C1(C)C(=O)Nc2nc(-c3nc(OC)n(Cc4ccccc4F)n3)nc(N)c21. The zero-order valence-corrected chi connectivity index (χ0v) is 17.5. The highest BCUT2D eigenvalue weighted by atomic mass is 19.1. The average Bonchev–Trinajstić information content (AvgIpc) is 3.29. The van der Waals surface area contributed by atoms with Crippen molar-refractivity contribution in [3.8, 4) is 17.7 Å². The Hall–Kier alpha value is -4.09. The number of nitrogens with one attached hydrogen (secondary N) is 1. The van der Waals surface area contributed by atoms with Crippen LogP contribution in [0.1, 0.15) is 25.0 Å². The lowest BCUT2D eigenvalue weighted by molar-refractivity contribution is -0.152. The lowest BCUT2D eigenvalue weighted by atomic mass is 9.84. The summed E-state index contributed by atoms with van der Waals surface area (Å²) >= 11 is 0. The Bertz CT molecular complexity index is 1230. The highest BCUT2D eigenvalue weighted by Crippen LogP contribution is 2.41. The number of nitrogens with zero attached hydrogens (tertiary/aromatic N) is 5. The number of fused-ring (bicyclic) bond motifs is 1. The highest BCUT2D eigenvalue weighted by molar-refractivity contribution is 6.19. The molecule has 0 spiro atoms. The molecule has 3 aromatic rings. The summed E-state index contributed by atoms with van der Waals surface area (Å²) in [5, 5.41) is 6.85. The van der Waals surface area contributed by atoms with Crippen LogP contribution in [0.2, 0.25) is 0 Å². The molecule has 4 rings (SSSR count). The molecule has 0 radical (unpaired) electrons. The van der Waals surface area contributed by atoms with Gasteiger partial charge in [-0.3, -0.25) is 9.59 Å². The summed E-state index contributed by atoms with van der Waals surface area (Å²) in [4.78, 5) is 37.8. The quantitative estimate of drug-likeness (QED) is 0.426. The number of amides is 1. The molecule has 11 nitrogen and oxygen atoms in total. The fourth-order valence-corrected chi connectivity index (χ4v) is 3.44. The second-order valence-corrected chi connectivity index (χ2v) is 7.13. The predicted molar refractivity (Wildman–Crippen MR) is 110 cm³/mol. The molecule has 1 aromatic carbocycles. The van der Waals surface area contributed by atoms with Crippen LogP contribution in [0.15, 0.2) is 24.3 Å². The van der Waals surface area contributed by atoms with Gasteiger partial charge in [-0.1, -0.05) is 18.2 Å². The Kier molecular flexibility index (Phi) is 5.20. The zero-order valence-electron chi connectivity index (χ0n) is 17.5. The summed E-state index contributed by atoms with van der Waals surface area (Å²) in [5.41, 5.74) is 4.94. The molecule has 3 heterocycles. The second-order valence-electron chi connectivity index (χ2n) is 7.13. The van der Waals surface area contributed by atoms with Gasteiger partial charge in [0.15, 0.2) is 5.41 Å². The number of carbonyl (C=O) groups excluding carboxylic acids is 2. The van der Waals surface area contributed by atoms with Gasteiger partial charge in [-0.15, -0.1) is 5.10 Å². The molecule has 0 saturated heterocycles. The third kappa shape index (κ3) is 3.29. The van der Waals surface area contributed by atoms with Gasteiger partial charge in [0, 0.05) is 5.56 Å². The maximum absolute atomic E-state index is 14.1. The third-order valence-corrected chi connectivity index (χ3v) is 5.11. The smallest absolute Gasteiger partial charge is 0.326 e. The number of rotatable bonds is 6. The molecule has 166 valence electrons. The topological polar surface area (TPSA) is 147 Å². The van der Waals surface area contributed by atoms with Gasteiger partial charge in [0.1, 0.15) is 17.5 Å². The van der Waals surface area contributed by atoms with Crippen molar-refractivity contribution in [1.82, 2.24) is 24.7 Å². The first-order chi connectivity index (χ1) is 15.3. The van der Waals surface area contributed by atoms with Gasteiger partial charge in [-0.2, -0.15) is 4.98 Å². The van der Waals surface area contributed by atoms with E-state index >= 15 is 0 Å². The van der Waals surface area contributed by atoms with Crippen molar-refractivity contribution >= 4 is 23.5 Å². The van der Waals surface area contributed by atoms with Crippen LogP contribution in [0.5, 0.6) is 6.01 Å². The first-order valence-corrected chi connectivity index (χ1v) is 9.68. The van der Waals surface area contributed by atoms with Crippen molar-refractivity contribution in [2.24, 2.45) is 0 Å². The molecular weight excluding hydrogens is 421 g/mol. The lowest BCUT2D eigenvalue weighted by Crippen LogP contribution is -2.41. The van der Waals surface area contributed by atoms with Crippen LogP contribution >= 0.6 is 0 Å². The Morgan fingerprint density at radius 2 is 2.00 bits per heavy atom. The van der Waals surface area contributed by atoms with E-state index in [2.05, 4.69) is 25.4 Å². The molecule has 1 aliphatic heterocycles. The van der Waals surface area contributed by atoms with E-state index in [1.54, 1.807) is 25.1 Å². The van der Waals surface area contributed by atoms with Gasteiger partial charge in [0.2, 0.25) is 17.6 Å². The Balaban J connectivity index is 1.74. The summed E-state index contributed by atoms with van der Waals surface area (Å²) in [6, 6.07) is 6.35.